The number of nitrogens with zero attached hydrogens (tertiary/aromatic N) is 5. The molecule has 0 aliphatic heterocycles. The standard InChI is InChI=1S/C16H19ClN6S2/c1-11-4-5-13(6-14(11)17)19-15-20-23(16(24)25-15)10-21(2)8-12-7-18-22(3)9-12/h4-7,9H,8,10H2,1-3H3,(H,19,20). The Balaban J connectivity index is 1.67. The van der Waals surface area contributed by atoms with Gasteiger partial charge in [-0.2, -0.15) is 5.10 Å². The number of rotatable bonds is 6. The highest BCUT2D eigenvalue weighted by Crippen LogP contribution is 2.25. The monoisotopic (exact) mass is 394 g/mol. The maximum absolute atomic E-state index is 6.17. The number of nitrogens with one attached hydrogen (secondary N) is 1. The van der Waals surface area contributed by atoms with E-state index in [1.165, 1.54) is 11.3 Å². The van der Waals surface area contributed by atoms with Gasteiger partial charge in [-0.15, -0.1) is 5.10 Å². The van der Waals surface area contributed by atoms with Crippen molar-refractivity contribution in [2.24, 2.45) is 7.05 Å². The van der Waals surface area contributed by atoms with Crippen molar-refractivity contribution >= 4 is 46.0 Å². The average Bonchev–Trinajstić information content (AvgIpc) is 3.09. The molecule has 0 atom stereocenters. The summed E-state index contributed by atoms with van der Waals surface area (Å²) in [7, 11) is 3.94. The smallest absolute Gasteiger partial charge is 0.209 e. The second-order valence-electron chi connectivity index (χ2n) is 5.94. The van der Waals surface area contributed by atoms with E-state index in [-0.39, 0.29) is 0 Å². The second kappa shape index (κ2) is 7.65. The van der Waals surface area contributed by atoms with Gasteiger partial charge in [0.25, 0.3) is 0 Å². The van der Waals surface area contributed by atoms with Crippen LogP contribution in [-0.4, -0.2) is 31.5 Å². The van der Waals surface area contributed by atoms with Crippen LogP contribution in [0.5, 0.6) is 0 Å². The van der Waals surface area contributed by atoms with Crippen LogP contribution in [0.2, 0.25) is 5.02 Å². The van der Waals surface area contributed by atoms with Crippen molar-refractivity contribution in [3.8, 4) is 0 Å². The Morgan fingerprint density at radius 2 is 2.20 bits per heavy atom. The van der Waals surface area contributed by atoms with Crippen molar-refractivity contribution in [1.82, 2.24) is 24.5 Å². The molecule has 25 heavy (non-hydrogen) atoms. The fourth-order valence-electron chi connectivity index (χ4n) is 2.38. The maximum Gasteiger partial charge on any atom is 0.209 e. The van der Waals surface area contributed by atoms with E-state index in [1.807, 2.05) is 56.3 Å². The van der Waals surface area contributed by atoms with E-state index in [9.17, 15) is 0 Å². The summed E-state index contributed by atoms with van der Waals surface area (Å²) >= 11 is 13.0. The summed E-state index contributed by atoms with van der Waals surface area (Å²) < 4.78 is 4.33. The Labute approximate surface area is 160 Å². The minimum atomic E-state index is 0.612. The van der Waals surface area contributed by atoms with Crippen molar-refractivity contribution in [3.05, 3.63) is 50.7 Å². The van der Waals surface area contributed by atoms with Gasteiger partial charge in [0.15, 0.2) is 3.95 Å². The summed E-state index contributed by atoms with van der Waals surface area (Å²) in [6, 6.07) is 5.84. The van der Waals surface area contributed by atoms with E-state index >= 15 is 0 Å². The van der Waals surface area contributed by atoms with Gasteiger partial charge in [-0.25, -0.2) is 4.68 Å². The molecular formula is C16H19ClN6S2. The van der Waals surface area contributed by atoms with Crippen LogP contribution in [0.1, 0.15) is 11.1 Å². The van der Waals surface area contributed by atoms with Crippen LogP contribution in [0.25, 0.3) is 0 Å². The summed E-state index contributed by atoms with van der Waals surface area (Å²) in [5.41, 5.74) is 3.09. The van der Waals surface area contributed by atoms with E-state index in [0.717, 1.165) is 37.5 Å². The van der Waals surface area contributed by atoms with Crippen molar-refractivity contribution in [2.45, 2.75) is 20.1 Å². The number of hydrogen-bond acceptors (Lipinski definition) is 6. The molecule has 1 N–H and O–H groups in total. The quantitative estimate of drug-likeness (QED) is 0.635. The molecule has 0 saturated heterocycles. The van der Waals surface area contributed by atoms with Gasteiger partial charge >= 0.3 is 0 Å². The normalized spacial score (nSPS) is 11.2. The number of hydrogen-bond donors (Lipinski definition) is 1. The van der Waals surface area contributed by atoms with Gasteiger partial charge in [0.2, 0.25) is 5.13 Å². The lowest BCUT2D eigenvalue weighted by Gasteiger charge is -2.15. The van der Waals surface area contributed by atoms with Gasteiger partial charge in [-0.3, -0.25) is 9.58 Å². The number of aryl methyl sites for hydroxylation is 2. The molecule has 9 heteroatoms. The van der Waals surface area contributed by atoms with Crippen LogP contribution in [-0.2, 0) is 20.3 Å². The molecule has 0 amide bonds. The third-order valence-electron chi connectivity index (χ3n) is 3.62. The number of benzene rings is 1. The fourth-order valence-corrected chi connectivity index (χ4v) is 3.58. The highest BCUT2D eigenvalue weighted by Gasteiger charge is 2.08. The van der Waals surface area contributed by atoms with Crippen LogP contribution in [0.3, 0.4) is 0 Å². The van der Waals surface area contributed by atoms with E-state index in [4.69, 9.17) is 23.8 Å². The first kappa shape index (κ1) is 18.1. The molecule has 2 heterocycles. The molecule has 0 bridgehead atoms. The van der Waals surface area contributed by atoms with Crippen molar-refractivity contribution < 1.29 is 0 Å². The van der Waals surface area contributed by atoms with E-state index in [0.29, 0.717) is 6.67 Å². The van der Waals surface area contributed by atoms with Crippen LogP contribution in [0.15, 0.2) is 30.6 Å². The first-order valence-electron chi connectivity index (χ1n) is 7.68. The van der Waals surface area contributed by atoms with E-state index in [2.05, 4.69) is 20.4 Å². The minimum absolute atomic E-state index is 0.612. The molecule has 3 aromatic rings. The van der Waals surface area contributed by atoms with E-state index < -0.39 is 0 Å². The SMILES string of the molecule is Cc1ccc(Nc2nn(CN(C)Cc3cnn(C)c3)c(=S)s2)cc1Cl. The van der Waals surface area contributed by atoms with Crippen molar-refractivity contribution in [1.29, 1.82) is 0 Å². The Morgan fingerprint density at radius 1 is 1.40 bits per heavy atom. The summed E-state index contributed by atoms with van der Waals surface area (Å²) in [6.07, 6.45) is 3.87. The largest absolute Gasteiger partial charge is 0.330 e. The lowest BCUT2D eigenvalue weighted by Crippen LogP contribution is -2.22. The first-order chi connectivity index (χ1) is 11.9. The van der Waals surface area contributed by atoms with Crippen LogP contribution in [0.4, 0.5) is 10.8 Å². The molecule has 6 nitrogen and oxygen atoms in total. The fraction of sp³-hybridized carbons (Fsp3) is 0.312. The minimum Gasteiger partial charge on any atom is -0.330 e. The predicted octanol–water partition coefficient (Wildman–Crippen LogP) is 4.20. The zero-order chi connectivity index (χ0) is 18.0. The second-order valence-corrected chi connectivity index (χ2v) is 7.97. The third kappa shape index (κ3) is 4.66. The molecule has 0 unspecified atom stereocenters. The molecule has 132 valence electrons. The van der Waals surface area contributed by atoms with Gasteiger partial charge in [-0.05, 0) is 43.9 Å². The molecule has 3 rings (SSSR count). The molecule has 0 saturated carbocycles. The molecular weight excluding hydrogens is 376 g/mol. The summed E-state index contributed by atoms with van der Waals surface area (Å²) in [5, 5.41) is 13.5. The molecule has 1 aromatic carbocycles. The third-order valence-corrected chi connectivity index (χ3v) is 5.25. The first-order valence-corrected chi connectivity index (χ1v) is 9.28. The van der Waals surface area contributed by atoms with Gasteiger partial charge in [0.1, 0.15) is 0 Å². The lowest BCUT2D eigenvalue weighted by atomic mass is 10.2. The van der Waals surface area contributed by atoms with Crippen LogP contribution < -0.4 is 5.32 Å². The Bertz CT molecular complexity index is 929. The summed E-state index contributed by atoms with van der Waals surface area (Å²) in [4.78, 5) is 2.14. The van der Waals surface area contributed by atoms with Crippen LogP contribution in [0, 0.1) is 10.9 Å². The van der Waals surface area contributed by atoms with Gasteiger partial charge in [-0.1, -0.05) is 29.0 Å². The Hall–Kier alpha value is -1.74. The predicted molar refractivity (Wildman–Crippen MR) is 105 cm³/mol. The summed E-state index contributed by atoms with van der Waals surface area (Å²) in [5.74, 6) is 0. The van der Waals surface area contributed by atoms with Gasteiger partial charge < -0.3 is 5.32 Å². The summed E-state index contributed by atoms with van der Waals surface area (Å²) in [6.45, 7) is 3.37. The van der Waals surface area contributed by atoms with Crippen molar-refractivity contribution in [2.75, 3.05) is 12.4 Å². The highest BCUT2D eigenvalue weighted by molar-refractivity contribution is 7.73. The van der Waals surface area contributed by atoms with E-state index in [1.54, 1.807) is 4.68 Å². The number of halogens is 1. The molecule has 0 spiro atoms. The zero-order valence-electron chi connectivity index (χ0n) is 14.2. The maximum atomic E-state index is 6.17. The molecule has 0 radical (unpaired) electrons. The Morgan fingerprint density at radius 3 is 2.88 bits per heavy atom. The van der Waals surface area contributed by atoms with Crippen LogP contribution >= 0.6 is 35.2 Å². The Kier molecular flexibility index (Phi) is 5.53. The highest BCUT2D eigenvalue weighted by atomic mass is 35.5. The van der Waals surface area contributed by atoms with Crippen molar-refractivity contribution in [3.63, 3.8) is 0 Å². The average molecular weight is 395 g/mol. The van der Waals surface area contributed by atoms with Gasteiger partial charge in [0, 0.05) is 36.1 Å². The number of anilines is 2. The zero-order valence-corrected chi connectivity index (χ0v) is 16.6. The molecule has 0 fully saturated rings. The number of aromatic nitrogens is 4. The lowest BCUT2D eigenvalue weighted by molar-refractivity contribution is 0.245. The molecule has 2 aromatic heterocycles. The topological polar surface area (TPSA) is 50.9 Å². The van der Waals surface area contributed by atoms with Gasteiger partial charge in [0.05, 0.1) is 12.9 Å². The molecule has 0 aliphatic carbocycles. The molecule has 0 aliphatic rings.